The molecule has 178 valence electrons. The Hall–Kier alpha value is -2.16. The SMILES string of the molecule is O=C(Nc1ccc(N2CCCCCC2)cc1)C1CCN(S(=O)(=O)c2ccc(F)c(Cl)c2)CC1. The van der Waals surface area contributed by atoms with Crippen molar-refractivity contribution < 1.29 is 17.6 Å². The van der Waals surface area contributed by atoms with Crippen molar-refractivity contribution in [2.24, 2.45) is 5.92 Å². The van der Waals surface area contributed by atoms with Gasteiger partial charge in [0, 0.05) is 43.5 Å². The minimum absolute atomic E-state index is 0.0405. The van der Waals surface area contributed by atoms with Crippen LogP contribution in [0, 0.1) is 11.7 Å². The van der Waals surface area contributed by atoms with Crippen molar-refractivity contribution in [3.8, 4) is 0 Å². The molecule has 2 saturated heterocycles. The molecule has 6 nitrogen and oxygen atoms in total. The number of hydrogen-bond donors (Lipinski definition) is 1. The summed E-state index contributed by atoms with van der Waals surface area (Å²) in [5, 5.41) is 2.74. The molecule has 2 aliphatic heterocycles. The fraction of sp³-hybridized carbons (Fsp3) is 0.458. The zero-order valence-electron chi connectivity index (χ0n) is 18.5. The lowest BCUT2D eigenvalue weighted by molar-refractivity contribution is -0.120. The highest BCUT2D eigenvalue weighted by Crippen LogP contribution is 2.28. The van der Waals surface area contributed by atoms with Crippen LogP contribution in [0.4, 0.5) is 15.8 Å². The number of carbonyl (C=O) groups excluding carboxylic acids is 1. The molecule has 4 rings (SSSR count). The van der Waals surface area contributed by atoms with Crippen LogP contribution in [-0.2, 0) is 14.8 Å². The van der Waals surface area contributed by atoms with Crippen molar-refractivity contribution >= 4 is 38.9 Å². The van der Waals surface area contributed by atoms with Crippen molar-refractivity contribution in [1.82, 2.24) is 4.31 Å². The van der Waals surface area contributed by atoms with Gasteiger partial charge in [-0.2, -0.15) is 4.31 Å². The van der Waals surface area contributed by atoms with E-state index in [-0.39, 0.29) is 34.8 Å². The van der Waals surface area contributed by atoms with Crippen LogP contribution < -0.4 is 10.2 Å². The summed E-state index contributed by atoms with van der Waals surface area (Å²) >= 11 is 5.75. The zero-order chi connectivity index (χ0) is 23.4. The number of rotatable bonds is 5. The molecule has 0 radical (unpaired) electrons. The van der Waals surface area contributed by atoms with Gasteiger partial charge in [-0.3, -0.25) is 4.79 Å². The highest BCUT2D eigenvalue weighted by molar-refractivity contribution is 7.89. The monoisotopic (exact) mass is 493 g/mol. The fourth-order valence-electron chi connectivity index (χ4n) is 4.47. The molecule has 0 spiro atoms. The van der Waals surface area contributed by atoms with E-state index in [0.717, 1.165) is 30.9 Å². The van der Waals surface area contributed by atoms with Crippen LogP contribution in [0.3, 0.4) is 0 Å². The number of sulfonamides is 1. The molecule has 0 aromatic heterocycles. The van der Waals surface area contributed by atoms with E-state index in [1.54, 1.807) is 0 Å². The van der Waals surface area contributed by atoms with Crippen LogP contribution in [-0.4, -0.2) is 44.8 Å². The van der Waals surface area contributed by atoms with E-state index >= 15 is 0 Å². The molecule has 2 fully saturated rings. The molecule has 1 amide bonds. The van der Waals surface area contributed by atoms with Crippen molar-refractivity contribution in [1.29, 1.82) is 0 Å². The molecule has 2 aliphatic rings. The number of piperidine rings is 1. The van der Waals surface area contributed by atoms with Crippen LogP contribution in [0.5, 0.6) is 0 Å². The third kappa shape index (κ3) is 5.67. The molecule has 0 unspecified atom stereocenters. The molecule has 0 bridgehead atoms. The van der Waals surface area contributed by atoms with Crippen molar-refractivity contribution in [3.63, 3.8) is 0 Å². The molecule has 0 aliphatic carbocycles. The lowest BCUT2D eigenvalue weighted by Gasteiger charge is -2.30. The Morgan fingerprint density at radius 3 is 2.18 bits per heavy atom. The summed E-state index contributed by atoms with van der Waals surface area (Å²) in [6, 6.07) is 11.3. The zero-order valence-corrected chi connectivity index (χ0v) is 20.0. The largest absolute Gasteiger partial charge is 0.372 e. The number of nitrogens with zero attached hydrogens (tertiary/aromatic N) is 2. The molecule has 2 aromatic rings. The number of hydrogen-bond acceptors (Lipinski definition) is 4. The molecule has 2 heterocycles. The standard InChI is InChI=1S/C24H29ClFN3O3S/c25-22-17-21(9-10-23(22)26)33(31,32)29-15-11-18(12-16-29)24(30)27-19-5-7-20(8-6-19)28-13-3-1-2-4-14-28/h5-10,17-18H,1-4,11-16H2,(H,27,30). The van der Waals surface area contributed by atoms with Gasteiger partial charge in [-0.05, 0) is 68.1 Å². The third-order valence-corrected chi connectivity index (χ3v) is 8.64. The van der Waals surface area contributed by atoms with Gasteiger partial charge in [-0.25, -0.2) is 12.8 Å². The first-order chi connectivity index (χ1) is 15.8. The summed E-state index contributed by atoms with van der Waals surface area (Å²) < 4.78 is 40.4. The summed E-state index contributed by atoms with van der Waals surface area (Å²) in [5.74, 6) is -1.02. The second-order valence-electron chi connectivity index (χ2n) is 8.69. The Bertz CT molecular complexity index is 1080. The number of anilines is 2. The molecule has 33 heavy (non-hydrogen) atoms. The van der Waals surface area contributed by atoms with Gasteiger partial charge in [-0.15, -0.1) is 0 Å². The quantitative estimate of drug-likeness (QED) is 0.643. The summed E-state index contributed by atoms with van der Waals surface area (Å²) in [5.41, 5.74) is 1.92. The van der Waals surface area contributed by atoms with E-state index < -0.39 is 15.8 Å². The Kier molecular flexibility index (Phi) is 7.56. The average molecular weight is 494 g/mol. The van der Waals surface area contributed by atoms with Gasteiger partial charge in [0.1, 0.15) is 5.82 Å². The van der Waals surface area contributed by atoms with E-state index in [2.05, 4.69) is 10.2 Å². The summed E-state index contributed by atoms with van der Waals surface area (Å²) in [7, 11) is -3.78. The van der Waals surface area contributed by atoms with E-state index in [4.69, 9.17) is 11.6 Å². The third-order valence-electron chi connectivity index (χ3n) is 6.46. The number of carbonyl (C=O) groups is 1. The van der Waals surface area contributed by atoms with Crippen LogP contribution in [0.1, 0.15) is 38.5 Å². The van der Waals surface area contributed by atoms with E-state index in [9.17, 15) is 17.6 Å². The molecular weight excluding hydrogens is 465 g/mol. The van der Waals surface area contributed by atoms with Crippen molar-refractivity contribution in [2.75, 3.05) is 36.4 Å². The molecule has 9 heteroatoms. The molecule has 1 N–H and O–H groups in total. The van der Waals surface area contributed by atoms with Gasteiger partial charge in [0.25, 0.3) is 0 Å². The smallest absolute Gasteiger partial charge is 0.243 e. The predicted octanol–water partition coefficient (Wildman–Crippen LogP) is 4.90. The average Bonchev–Trinajstić information content (AvgIpc) is 3.11. The van der Waals surface area contributed by atoms with Gasteiger partial charge in [-0.1, -0.05) is 24.4 Å². The predicted molar refractivity (Wildman–Crippen MR) is 129 cm³/mol. The Morgan fingerprint density at radius 2 is 1.58 bits per heavy atom. The van der Waals surface area contributed by atoms with E-state index in [0.29, 0.717) is 12.8 Å². The lowest BCUT2D eigenvalue weighted by atomic mass is 9.97. The van der Waals surface area contributed by atoms with Gasteiger partial charge in [0.15, 0.2) is 0 Å². The fourth-order valence-corrected chi connectivity index (χ4v) is 6.22. The summed E-state index contributed by atoms with van der Waals surface area (Å²) in [6.45, 7) is 2.58. The first-order valence-corrected chi connectivity index (χ1v) is 13.3. The maximum atomic E-state index is 13.4. The Balaban J connectivity index is 1.32. The number of benzene rings is 2. The van der Waals surface area contributed by atoms with Gasteiger partial charge >= 0.3 is 0 Å². The lowest BCUT2D eigenvalue weighted by Crippen LogP contribution is -2.41. The Morgan fingerprint density at radius 1 is 0.939 bits per heavy atom. The van der Waals surface area contributed by atoms with Crippen molar-refractivity contribution in [2.45, 2.75) is 43.4 Å². The molecule has 2 aromatic carbocycles. The van der Waals surface area contributed by atoms with Gasteiger partial charge in [0.05, 0.1) is 9.92 Å². The second-order valence-corrected chi connectivity index (χ2v) is 11.0. The Labute approximate surface area is 199 Å². The van der Waals surface area contributed by atoms with E-state index in [1.807, 2.05) is 24.3 Å². The molecule has 0 atom stereocenters. The first kappa shape index (κ1) is 24.0. The highest BCUT2D eigenvalue weighted by Gasteiger charge is 2.32. The topological polar surface area (TPSA) is 69.7 Å². The summed E-state index contributed by atoms with van der Waals surface area (Å²) in [4.78, 5) is 15.1. The normalized spacial score (nSPS) is 18.7. The number of halogens is 2. The maximum Gasteiger partial charge on any atom is 0.243 e. The van der Waals surface area contributed by atoms with Crippen molar-refractivity contribution in [3.05, 3.63) is 53.3 Å². The van der Waals surface area contributed by atoms with Gasteiger partial charge in [0.2, 0.25) is 15.9 Å². The van der Waals surface area contributed by atoms with Crippen LogP contribution >= 0.6 is 11.6 Å². The van der Waals surface area contributed by atoms with E-state index in [1.165, 1.54) is 41.7 Å². The molecular formula is C24H29ClFN3O3S. The minimum atomic E-state index is -3.78. The van der Waals surface area contributed by atoms with Gasteiger partial charge < -0.3 is 10.2 Å². The van der Waals surface area contributed by atoms with Crippen LogP contribution in [0.2, 0.25) is 5.02 Å². The first-order valence-electron chi connectivity index (χ1n) is 11.5. The highest BCUT2D eigenvalue weighted by atomic mass is 35.5. The number of nitrogens with one attached hydrogen (secondary N) is 1. The second kappa shape index (κ2) is 10.4. The molecule has 0 saturated carbocycles. The maximum absolute atomic E-state index is 13.4. The van der Waals surface area contributed by atoms with Crippen LogP contribution in [0.25, 0.3) is 0 Å². The summed E-state index contributed by atoms with van der Waals surface area (Å²) in [6.07, 6.45) is 5.82. The minimum Gasteiger partial charge on any atom is -0.372 e. The van der Waals surface area contributed by atoms with Crippen LogP contribution in [0.15, 0.2) is 47.4 Å². The number of amides is 1.